The van der Waals surface area contributed by atoms with Gasteiger partial charge in [0.2, 0.25) is 0 Å². The van der Waals surface area contributed by atoms with Gasteiger partial charge in [0.25, 0.3) is 0 Å². The summed E-state index contributed by atoms with van der Waals surface area (Å²) in [5.41, 5.74) is 2.30. The van der Waals surface area contributed by atoms with E-state index in [4.69, 9.17) is 0 Å². The summed E-state index contributed by atoms with van der Waals surface area (Å²) < 4.78 is 0. The second kappa shape index (κ2) is 6.04. The third-order valence-electron chi connectivity index (χ3n) is 4.23. The first-order valence-corrected chi connectivity index (χ1v) is 7.37. The topological polar surface area (TPSA) is 34.1 Å². The summed E-state index contributed by atoms with van der Waals surface area (Å²) in [5, 5.41) is 0. The number of carbonyl (C=O) groups is 2. The van der Waals surface area contributed by atoms with Gasteiger partial charge in [0, 0.05) is 12.8 Å². The number of hydrogen-bond donors (Lipinski definition) is 0. The Kier molecular flexibility index (Phi) is 3.96. The van der Waals surface area contributed by atoms with Crippen molar-refractivity contribution in [2.75, 3.05) is 0 Å². The van der Waals surface area contributed by atoms with Crippen molar-refractivity contribution in [2.45, 2.75) is 31.1 Å². The third-order valence-corrected chi connectivity index (χ3v) is 4.23. The maximum absolute atomic E-state index is 12.0. The van der Waals surface area contributed by atoms with Crippen LogP contribution in [0.15, 0.2) is 60.7 Å². The van der Waals surface area contributed by atoms with Gasteiger partial charge in [0.05, 0.1) is 6.42 Å². The molecular formula is C19H18O2. The largest absolute Gasteiger partial charge is 0.299 e. The number of rotatable bonds is 2. The summed E-state index contributed by atoms with van der Waals surface area (Å²) in [7, 11) is 0. The van der Waals surface area contributed by atoms with Gasteiger partial charge in [-0.15, -0.1) is 0 Å². The SMILES string of the molecule is O=C1CC(=O)C[C@@H](c2ccccc2)[C@@H](c2ccccc2)C1. The molecule has 1 fully saturated rings. The fraction of sp³-hybridized carbons (Fsp3) is 0.263. The Morgan fingerprint density at radius 3 is 1.38 bits per heavy atom. The average molecular weight is 278 g/mol. The van der Waals surface area contributed by atoms with Crippen LogP contribution >= 0.6 is 0 Å². The van der Waals surface area contributed by atoms with Gasteiger partial charge in [0.15, 0.2) is 0 Å². The smallest absolute Gasteiger partial charge is 0.140 e. The molecule has 0 saturated heterocycles. The molecule has 0 aromatic heterocycles. The summed E-state index contributed by atoms with van der Waals surface area (Å²) in [6.07, 6.45) is 0.997. The zero-order valence-electron chi connectivity index (χ0n) is 11.9. The number of hydrogen-bond acceptors (Lipinski definition) is 2. The van der Waals surface area contributed by atoms with Crippen molar-refractivity contribution in [3.63, 3.8) is 0 Å². The first-order chi connectivity index (χ1) is 10.2. The molecule has 0 N–H and O–H groups in total. The zero-order chi connectivity index (χ0) is 14.7. The van der Waals surface area contributed by atoms with Gasteiger partial charge in [-0.05, 0) is 23.0 Å². The molecule has 0 bridgehead atoms. The zero-order valence-corrected chi connectivity index (χ0v) is 11.9. The van der Waals surface area contributed by atoms with E-state index < -0.39 is 0 Å². The second-order valence-corrected chi connectivity index (χ2v) is 5.70. The Morgan fingerprint density at radius 1 is 0.619 bits per heavy atom. The number of ketones is 2. The van der Waals surface area contributed by atoms with Crippen molar-refractivity contribution in [1.29, 1.82) is 0 Å². The summed E-state index contributed by atoms with van der Waals surface area (Å²) >= 11 is 0. The quantitative estimate of drug-likeness (QED) is 0.617. The van der Waals surface area contributed by atoms with E-state index in [0.29, 0.717) is 12.8 Å². The van der Waals surface area contributed by atoms with Gasteiger partial charge in [-0.1, -0.05) is 60.7 Å². The number of benzene rings is 2. The van der Waals surface area contributed by atoms with E-state index in [1.54, 1.807) is 0 Å². The van der Waals surface area contributed by atoms with Crippen LogP contribution in [0.5, 0.6) is 0 Å². The lowest BCUT2D eigenvalue weighted by Crippen LogP contribution is -2.13. The summed E-state index contributed by atoms with van der Waals surface area (Å²) in [4.78, 5) is 24.1. The van der Waals surface area contributed by atoms with Gasteiger partial charge in [-0.2, -0.15) is 0 Å². The van der Waals surface area contributed by atoms with Crippen LogP contribution in [0.3, 0.4) is 0 Å². The highest BCUT2D eigenvalue weighted by molar-refractivity contribution is 6.00. The first kappa shape index (κ1) is 13.7. The monoisotopic (exact) mass is 278 g/mol. The lowest BCUT2D eigenvalue weighted by molar-refractivity contribution is -0.126. The highest BCUT2D eigenvalue weighted by atomic mass is 16.1. The van der Waals surface area contributed by atoms with Crippen LogP contribution < -0.4 is 0 Å². The molecule has 0 heterocycles. The molecule has 3 rings (SSSR count). The minimum absolute atomic E-state index is 0.0623. The van der Waals surface area contributed by atoms with Crippen LogP contribution in [0.2, 0.25) is 0 Å². The maximum atomic E-state index is 12.0. The van der Waals surface area contributed by atoms with Crippen LogP contribution in [0, 0.1) is 0 Å². The van der Waals surface area contributed by atoms with Crippen molar-refractivity contribution in [2.24, 2.45) is 0 Å². The molecule has 0 aliphatic heterocycles. The molecule has 0 amide bonds. The fourth-order valence-corrected chi connectivity index (χ4v) is 3.24. The molecule has 1 aliphatic rings. The van der Waals surface area contributed by atoms with Crippen LogP contribution in [0.4, 0.5) is 0 Å². The van der Waals surface area contributed by atoms with Crippen LogP contribution in [0.25, 0.3) is 0 Å². The van der Waals surface area contributed by atoms with E-state index in [0.717, 1.165) is 11.1 Å². The number of carbonyl (C=O) groups excluding carboxylic acids is 2. The minimum atomic E-state index is 0.0623. The van der Waals surface area contributed by atoms with Crippen molar-refractivity contribution in [3.8, 4) is 0 Å². The van der Waals surface area contributed by atoms with Crippen molar-refractivity contribution < 1.29 is 9.59 Å². The van der Waals surface area contributed by atoms with Crippen LogP contribution in [0.1, 0.15) is 42.2 Å². The summed E-state index contributed by atoms with van der Waals surface area (Å²) in [6, 6.07) is 20.2. The third kappa shape index (κ3) is 3.10. The molecule has 106 valence electrons. The maximum Gasteiger partial charge on any atom is 0.140 e. The Bertz CT molecular complexity index is 574. The standard InChI is InChI=1S/C19H18O2/c20-16-11-17(21)13-19(15-9-5-2-6-10-15)18(12-16)14-7-3-1-4-8-14/h1-10,18-19H,11-13H2/t18-,19+. The van der Waals surface area contributed by atoms with E-state index in [2.05, 4.69) is 24.3 Å². The Hall–Kier alpha value is -2.22. The van der Waals surface area contributed by atoms with Crippen molar-refractivity contribution in [1.82, 2.24) is 0 Å². The predicted octanol–water partition coefficient (Wildman–Crippen LogP) is 3.88. The lowest BCUT2D eigenvalue weighted by atomic mass is 9.78. The molecular weight excluding hydrogens is 260 g/mol. The van der Waals surface area contributed by atoms with Crippen molar-refractivity contribution >= 4 is 11.6 Å². The average Bonchev–Trinajstić information content (AvgIpc) is 2.67. The lowest BCUT2D eigenvalue weighted by Gasteiger charge is -2.25. The Morgan fingerprint density at radius 2 is 1.00 bits per heavy atom. The summed E-state index contributed by atoms with van der Waals surface area (Å²) in [5.74, 6) is 0.305. The molecule has 1 aliphatic carbocycles. The van der Waals surface area contributed by atoms with E-state index >= 15 is 0 Å². The molecule has 1 saturated carbocycles. The van der Waals surface area contributed by atoms with Gasteiger partial charge in [-0.25, -0.2) is 0 Å². The molecule has 21 heavy (non-hydrogen) atoms. The van der Waals surface area contributed by atoms with Gasteiger partial charge in [0.1, 0.15) is 11.6 Å². The Labute approximate surface area is 124 Å². The highest BCUT2D eigenvalue weighted by Crippen LogP contribution is 2.40. The highest BCUT2D eigenvalue weighted by Gasteiger charge is 2.32. The Balaban J connectivity index is 2.03. The fourth-order valence-electron chi connectivity index (χ4n) is 3.24. The molecule has 0 unspecified atom stereocenters. The molecule has 2 heteroatoms. The van der Waals surface area contributed by atoms with E-state index in [9.17, 15) is 9.59 Å². The van der Waals surface area contributed by atoms with Gasteiger partial charge in [-0.3, -0.25) is 9.59 Å². The minimum Gasteiger partial charge on any atom is -0.299 e. The van der Waals surface area contributed by atoms with Crippen LogP contribution in [-0.4, -0.2) is 11.6 Å². The van der Waals surface area contributed by atoms with E-state index in [-0.39, 0.29) is 29.8 Å². The van der Waals surface area contributed by atoms with Crippen LogP contribution in [-0.2, 0) is 9.59 Å². The summed E-state index contributed by atoms with van der Waals surface area (Å²) in [6.45, 7) is 0. The second-order valence-electron chi connectivity index (χ2n) is 5.70. The molecule has 0 radical (unpaired) electrons. The predicted molar refractivity (Wildman–Crippen MR) is 82.2 cm³/mol. The molecule has 2 nitrogen and oxygen atoms in total. The first-order valence-electron chi connectivity index (χ1n) is 7.37. The molecule has 0 spiro atoms. The van der Waals surface area contributed by atoms with E-state index in [1.165, 1.54) is 0 Å². The van der Waals surface area contributed by atoms with Gasteiger partial charge < -0.3 is 0 Å². The van der Waals surface area contributed by atoms with E-state index in [1.807, 2.05) is 36.4 Å². The van der Waals surface area contributed by atoms with Crippen molar-refractivity contribution in [3.05, 3.63) is 71.8 Å². The number of Topliss-reactive ketones (excluding diaryl/α,β-unsaturated/α-hetero) is 2. The molecule has 2 atom stereocenters. The molecule has 2 aromatic carbocycles. The molecule has 2 aromatic rings. The van der Waals surface area contributed by atoms with Gasteiger partial charge >= 0.3 is 0 Å². The normalized spacial score (nSPS) is 22.9.